The summed E-state index contributed by atoms with van der Waals surface area (Å²) in [5.74, 6) is 0.807. The van der Waals surface area contributed by atoms with E-state index in [4.69, 9.17) is 9.72 Å². The molecule has 0 unspecified atom stereocenters. The highest BCUT2D eigenvalue weighted by Crippen LogP contribution is 2.32. The molecule has 0 saturated heterocycles. The Labute approximate surface area is 183 Å². The quantitative estimate of drug-likeness (QED) is 0.518. The Morgan fingerprint density at radius 1 is 1.13 bits per heavy atom. The van der Waals surface area contributed by atoms with Crippen LogP contribution in [0.3, 0.4) is 0 Å². The highest BCUT2D eigenvalue weighted by molar-refractivity contribution is 5.79. The van der Waals surface area contributed by atoms with Gasteiger partial charge in [0, 0.05) is 30.6 Å². The monoisotopic (exact) mass is 423 g/mol. The van der Waals surface area contributed by atoms with Crippen molar-refractivity contribution in [3.05, 3.63) is 65.7 Å². The predicted octanol–water partition coefficient (Wildman–Crippen LogP) is 6.37. The highest BCUT2D eigenvalue weighted by atomic mass is 19.1. The van der Waals surface area contributed by atoms with Gasteiger partial charge in [0.2, 0.25) is 0 Å². The lowest BCUT2D eigenvalue weighted by Gasteiger charge is -2.24. The molecule has 0 atom stereocenters. The standard InChI is InChI=1S/C25H30FN3O2/c1-16(2)23-27-21(18-10-12-20(26)13-11-18)22(28-23)19-9-7-8-17(14-19)15-29(6)24(30)31-25(3,4)5/h7-14,16H,15H2,1-6H3,(H,27,28). The number of benzene rings is 2. The van der Waals surface area contributed by atoms with Gasteiger partial charge >= 0.3 is 6.09 Å². The number of rotatable bonds is 5. The number of halogens is 1. The first kappa shape index (κ1) is 22.5. The SMILES string of the molecule is CC(C)c1nc(-c2cccc(CN(C)C(=O)OC(C)(C)C)c2)c(-c2ccc(F)cc2)[nH]1. The van der Waals surface area contributed by atoms with Gasteiger partial charge in [-0.25, -0.2) is 14.2 Å². The predicted molar refractivity (Wildman–Crippen MR) is 121 cm³/mol. The van der Waals surface area contributed by atoms with E-state index in [0.29, 0.717) is 6.54 Å². The number of carbonyl (C=O) groups excluding carboxylic acids is 1. The molecular weight excluding hydrogens is 393 g/mol. The van der Waals surface area contributed by atoms with E-state index in [2.05, 4.69) is 18.8 Å². The third-order valence-corrected chi connectivity index (χ3v) is 4.73. The summed E-state index contributed by atoms with van der Waals surface area (Å²) in [4.78, 5) is 22.1. The Kier molecular flexibility index (Phi) is 6.48. The van der Waals surface area contributed by atoms with Crippen LogP contribution in [0.1, 0.15) is 51.9 Å². The lowest BCUT2D eigenvalue weighted by molar-refractivity contribution is 0.0285. The molecule has 0 fully saturated rings. The van der Waals surface area contributed by atoms with Gasteiger partial charge in [-0.15, -0.1) is 0 Å². The number of carbonyl (C=O) groups is 1. The van der Waals surface area contributed by atoms with E-state index in [1.807, 2.05) is 45.0 Å². The number of aromatic amines is 1. The minimum atomic E-state index is -0.542. The smallest absolute Gasteiger partial charge is 0.410 e. The highest BCUT2D eigenvalue weighted by Gasteiger charge is 2.20. The van der Waals surface area contributed by atoms with E-state index in [-0.39, 0.29) is 17.8 Å². The van der Waals surface area contributed by atoms with Crippen LogP contribution in [0.15, 0.2) is 48.5 Å². The topological polar surface area (TPSA) is 58.2 Å². The van der Waals surface area contributed by atoms with Crippen molar-refractivity contribution >= 4 is 6.09 Å². The minimum absolute atomic E-state index is 0.217. The Hall–Kier alpha value is -3.15. The van der Waals surface area contributed by atoms with Crippen molar-refractivity contribution in [3.63, 3.8) is 0 Å². The zero-order valence-electron chi connectivity index (χ0n) is 19.0. The van der Waals surface area contributed by atoms with E-state index in [1.54, 1.807) is 24.1 Å². The second kappa shape index (κ2) is 8.92. The summed E-state index contributed by atoms with van der Waals surface area (Å²) in [5.41, 5.74) is 3.87. The van der Waals surface area contributed by atoms with Gasteiger partial charge in [0.25, 0.3) is 0 Å². The molecule has 0 spiro atoms. The summed E-state index contributed by atoms with van der Waals surface area (Å²) in [5, 5.41) is 0. The molecule has 0 aliphatic heterocycles. The average molecular weight is 424 g/mol. The second-order valence-corrected chi connectivity index (χ2v) is 9.04. The van der Waals surface area contributed by atoms with E-state index in [0.717, 1.165) is 33.9 Å². The number of hydrogen-bond acceptors (Lipinski definition) is 3. The van der Waals surface area contributed by atoms with Crippen LogP contribution in [-0.4, -0.2) is 33.6 Å². The Morgan fingerprint density at radius 3 is 2.42 bits per heavy atom. The van der Waals surface area contributed by atoms with Gasteiger partial charge in [-0.3, -0.25) is 0 Å². The van der Waals surface area contributed by atoms with Gasteiger partial charge in [-0.1, -0.05) is 32.0 Å². The molecule has 0 aliphatic carbocycles. The summed E-state index contributed by atoms with van der Waals surface area (Å²) in [6, 6.07) is 14.3. The van der Waals surface area contributed by atoms with Crippen molar-refractivity contribution in [1.29, 1.82) is 0 Å². The van der Waals surface area contributed by atoms with Crippen LogP contribution < -0.4 is 0 Å². The van der Waals surface area contributed by atoms with E-state index in [9.17, 15) is 9.18 Å². The largest absolute Gasteiger partial charge is 0.444 e. The van der Waals surface area contributed by atoms with Crippen LogP contribution in [0.5, 0.6) is 0 Å². The van der Waals surface area contributed by atoms with Gasteiger partial charge in [-0.2, -0.15) is 0 Å². The molecular formula is C25H30FN3O2. The normalized spacial score (nSPS) is 11.6. The number of imidazole rings is 1. The van der Waals surface area contributed by atoms with E-state index >= 15 is 0 Å². The average Bonchev–Trinajstić information content (AvgIpc) is 3.13. The summed E-state index contributed by atoms with van der Waals surface area (Å²) in [6.45, 7) is 10.1. The fourth-order valence-corrected chi connectivity index (χ4v) is 3.19. The maximum absolute atomic E-state index is 13.4. The van der Waals surface area contributed by atoms with Gasteiger partial charge in [0.1, 0.15) is 17.2 Å². The molecule has 6 heteroatoms. The number of ether oxygens (including phenoxy) is 1. The molecule has 3 rings (SSSR count). The summed E-state index contributed by atoms with van der Waals surface area (Å²) >= 11 is 0. The third kappa shape index (κ3) is 5.72. The van der Waals surface area contributed by atoms with Crippen molar-refractivity contribution in [2.75, 3.05) is 7.05 Å². The number of amides is 1. The summed E-state index contributed by atoms with van der Waals surface area (Å²) in [6.07, 6.45) is -0.369. The number of hydrogen-bond donors (Lipinski definition) is 1. The van der Waals surface area contributed by atoms with Crippen molar-refractivity contribution in [2.24, 2.45) is 0 Å². The van der Waals surface area contributed by atoms with Crippen molar-refractivity contribution in [2.45, 2.75) is 52.7 Å². The van der Waals surface area contributed by atoms with Crippen LogP contribution >= 0.6 is 0 Å². The molecule has 3 aromatic rings. The zero-order chi connectivity index (χ0) is 22.8. The van der Waals surface area contributed by atoms with Gasteiger partial charge in [0.05, 0.1) is 11.4 Å². The zero-order valence-corrected chi connectivity index (χ0v) is 19.0. The molecule has 0 aliphatic rings. The first-order valence-corrected chi connectivity index (χ1v) is 10.4. The number of H-pyrrole nitrogens is 1. The second-order valence-electron chi connectivity index (χ2n) is 9.04. The van der Waals surface area contributed by atoms with Gasteiger partial charge in [-0.05, 0) is 56.7 Å². The van der Waals surface area contributed by atoms with Crippen LogP contribution in [-0.2, 0) is 11.3 Å². The molecule has 1 amide bonds. The molecule has 2 aromatic carbocycles. The molecule has 164 valence electrons. The maximum Gasteiger partial charge on any atom is 0.410 e. The number of nitrogens with one attached hydrogen (secondary N) is 1. The van der Waals surface area contributed by atoms with Crippen LogP contribution in [0.4, 0.5) is 9.18 Å². The van der Waals surface area contributed by atoms with Gasteiger partial charge in [0.15, 0.2) is 0 Å². The van der Waals surface area contributed by atoms with Crippen molar-refractivity contribution in [1.82, 2.24) is 14.9 Å². The maximum atomic E-state index is 13.4. The molecule has 1 heterocycles. The van der Waals surface area contributed by atoms with Crippen molar-refractivity contribution < 1.29 is 13.9 Å². The minimum Gasteiger partial charge on any atom is -0.444 e. The molecule has 5 nitrogen and oxygen atoms in total. The molecule has 0 radical (unpaired) electrons. The van der Waals surface area contributed by atoms with Crippen LogP contribution in [0.2, 0.25) is 0 Å². The first-order chi connectivity index (χ1) is 14.5. The number of aromatic nitrogens is 2. The summed E-state index contributed by atoms with van der Waals surface area (Å²) < 4.78 is 18.9. The number of nitrogens with zero attached hydrogens (tertiary/aromatic N) is 2. The first-order valence-electron chi connectivity index (χ1n) is 10.4. The lowest BCUT2D eigenvalue weighted by atomic mass is 10.0. The molecule has 0 bridgehead atoms. The van der Waals surface area contributed by atoms with Crippen molar-refractivity contribution in [3.8, 4) is 22.5 Å². The molecule has 0 saturated carbocycles. The van der Waals surface area contributed by atoms with E-state index < -0.39 is 5.60 Å². The van der Waals surface area contributed by atoms with Crippen LogP contribution in [0.25, 0.3) is 22.5 Å². The molecule has 1 N–H and O–H groups in total. The molecule has 1 aromatic heterocycles. The van der Waals surface area contributed by atoms with Crippen LogP contribution in [0, 0.1) is 5.82 Å². The Bertz CT molecular complexity index is 1050. The van der Waals surface area contributed by atoms with Gasteiger partial charge < -0.3 is 14.6 Å². The Morgan fingerprint density at radius 2 is 1.81 bits per heavy atom. The third-order valence-electron chi connectivity index (χ3n) is 4.73. The van der Waals surface area contributed by atoms with E-state index in [1.165, 1.54) is 12.1 Å². The summed E-state index contributed by atoms with van der Waals surface area (Å²) in [7, 11) is 1.72. The molecule has 31 heavy (non-hydrogen) atoms. The fourth-order valence-electron chi connectivity index (χ4n) is 3.19. The Balaban J connectivity index is 1.93. The fraction of sp³-hybridized carbons (Fsp3) is 0.360. The lowest BCUT2D eigenvalue weighted by Crippen LogP contribution is -2.33.